The molecule has 3 rings (SSSR count). The predicted octanol–water partition coefficient (Wildman–Crippen LogP) is 2.11. The highest BCUT2D eigenvalue weighted by atomic mass is 32.2. The molecular formula is C14H16N2O2S. The zero-order chi connectivity index (χ0) is 13.2. The molecule has 2 aliphatic rings. The van der Waals surface area contributed by atoms with Gasteiger partial charge >= 0.3 is 0 Å². The van der Waals surface area contributed by atoms with E-state index in [2.05, 4.69) is 5.32 Å². The first-order valence-electron chi connectivity index (χ1n) is 6.58. The maximum Gasteiger partial charge on any atom is 0.238 e. The van der Waals surface area contributed by atoms with E-state index in [0.29, 0.717) is 6.42 Å². The van der Waals surface area contributed by atoms with Crippen LogP contribution in [0.3, 0.4) is 0 Å². The van der Waals surface area contributed by atoms with Gasteiger partial charge in [-0.2, -0.15) is 0 Å². The third-order valence-electron chi connectivity index (χ3n) is 3.53. The Morgan fingerprint density at radius 3 is 2.84 bits per heavy atom. The third-order valence-corrected chi connectivity index (χ3v) is 4.80. The fourth-order valence-corrected chi connectivity index (χ4v) is 3.58. The molecule has 0 unspecified atom stereocenters. The lowest BCUT2D eigenvalue weighted by Gasteiger charge is -2.25. The van der Waals surface area contributed by atoms with Crippen LogP contribution in [0.5, 0.6) is 0 Å². The van der Waals surface area contributed by atoms with Gasteiger partial charge in [-0.3, -0.25) is 9.59 Å². The molecule has 0 radical (unpaired) electrons. The average molecular weight is 276 g/mol. The van der Waals surface area contributed by atoms with E-state index in [-0.39, 0.29) is 17.1 Å². The zero-order valence-electron chi connectivity index (χ0n) is 10.6. The van der Waals surface area contributed by atoms with Crippen LogP contribution in [0.1, 0.15) is 19.3 Å². The second-order valence-corrected chi connectivity index (χ2v) is 6.13. The molecule has 19 heavy (non-hydrogen) atoms. The molecule has 1 aromatic rings. The molecule has 1 atom stereocenters. The van der Waals surface area contributed by atoms with E-state index in [1.54, 1.807) is 0 Å². The summed E-state index contributed by atoms with van der Waals surface area (Å²) in [5.74, 6) is 0.0424. The van der Waals surface area contributed by atoms with Gasteiger partial charge in [0.05, 0.1) is 10.9 Å². The molecule has 0 bridgehead atoms. The van der Waals surface area contributed by atoms with Gasteiger partial charge in [-0.05, 0) is 25.0 Å². The van der Waals surface area contributed by atoms with Crippen LogP contribution in [0.15, 0.2) is 29.2 Å². The van der Waals surface area contributed by atoms with Crippen molar-refractivity contribution in [3.63, 3.8) is 0 Å². The standard InChI is InChI=1S/C14H16N2O2S/c17-13(16-7-3-4-8-16)9-12-14(18)15-10-5-1-2-6-11(10)19-12/h1-2,5-6,12H,3-4,7-9H2,(H,15,18)/t12-/m1/s1. The van der Waals surface area contributed by atoms with Crippen LogP contribution in [-0.4, -0.2) is 35.1 Å². The Morgan fingerprint density at radius 1 is 1.32 bits per heavy atom. The van der Waals surface area contributed by atoms with Crippen molar-refractivity contribution < 1.29 is 9.59 Å². The van der Waals surface area contributed by atoms with Gasteiger partial charge in [0.15, 0.2) is 0 Å². The van der Waals surface area contributed by atoms with Crippen molar-refractivity contribution in [1.29, 1.82) is 0 Å². The largest absolute Gasteiger partial charge is 0.343 e. The van der Waals surface area contributed by atoms with Crippen LogP contribution in [0, 0.1) is 0 Å². The van der Waals surface area contributed by atoms with Crippen molar-refractivity contribution in [2.75, 3.05) is 18.4 Å². The van der Waals surface area contributed by atoms with Gasteiger partial charge in [0.2, 0.25) is 11.8 Å². The van der Waals surface area contributed by atoms with Gasteiger partial charge in [0, 0.05) is 24.4 Å². The number of likely N-dealkylation sites (tertiary alicyclic amines) is 1. The highest BCUT2D eigenvalue weighted by Gasteiger charge is 2.30. The number of carbonyl (C=O) groups is 2. The second kappa shape index (κ2) is 5.25. The average Bonchev–Trinajstić information content (AvgIpc) is 2.93. The number of benzene rings is 1. The maximum absolute atomic E-state index is 12.1. The van der Waals surface area contributed by atoms with Crippen molar-refractivity contribution >= 4 is 29.3 Å². The van der Waals surface area contributed by atoms with Crippen LogP contribution >= 0.6 is 11.8 Å². The first kappa shape index (κ1) is 12.5. The summed E-state index contributed by atoms with van der Waals surface area (Å²) in [5.41, 5.74) is 0.849. The molecule has 0 spiro atoms. The number of rotatable bonds is 2. The topological polar surface area (TPSA) is 49.4 Å². The minimum absolute atomic E-state index is 0.0590. The molecule has 4 nitrogen and oxygen atoms in total. The first-order chi connectivity index (χ1) is 9.24. The van der Waals surface area contributed by atoms with E-state index in [1.807, 2.05) is 29.2 Å². The van der Waals surface area contributed by atoms with Gasteiger partial charge in [0.25, 0.3) is 0 Å². The summed E-state index contributed by atoms with van der Waals surface area (Å²) in [4.78, 5) is 27.0. The second-order valence-electron chi connectivity index (χ2n) is 4.88. The molecule has 1 aromatic carbocycles. The molecular weight excluding hydrogens is 260 g/mol. The number of para-hydroxylation sites is 1. The zero-order valence-corrected chi connectivity index (χ0v) is 11.4. The van der Waals surface area contributed by atoms with E-state index in [1.165, 1.54) is 11.8 Å². The summed E-state index contributed by atoms with van der Waals surface area (Å²) in [6, 6.07) is 7.71. The minimum atomic E-state index is -0.303. The van der Waals surface area contributed by atoms with Crippen molar-refractivity contribution in [3.8, 4) is 0 Å². The van der Waals surface area contributed by atoms with Crippen LogP contribution in [0.4, 0.5) is 5.69 Å². The number of hydrogen-bond donors (Lipinski definition) is 1. The normalized spacial score (nSPS) is 22.0. The fourth-order valence-electron chi connectivity index (χ4n) is 2.48. The molecule has 5 heteroatoms. The van der Waals surface area contributed by atoms with Crippen molar-refractivity contribution in [2.45, 2.75) is 29.4 Å². The van der Waals surface area contributed by atoms with Crippen LogP contribution in [0.25, 0.3) is 0 Å². The number of carbonyl (C=O) groups excluding carboxylic acids is 2. The number of hydrogen-bond acceptors (Lipinski definition) is 3. The van der Waals surface area contributed by atoms with Crippen molar-refractivity contribution in [1.82, 2.24) is 4.90 Å². The van der Waals surface area contributed by atoms with E-state index in [0.717, 1.165) is 36.5 Å². The van der Waals surface area contributed by atoms with Gasteiger partial charge in [-0.25, -0.2) is 0 Å². The summed E-state index contributed by atoms with van der Waals surface area (Å²) >= 11 is 1.49. The Balaban J connectivity index is 1.69. The monoisotopic (exact) mass is 276 g/mol. The molecule has 1 N–H and O–H groups in total. The molecule has 100 valence electrons. The lowest BCUT2D eigenvalue weighted by molar-refractivity contribution is -0.131. The molecule has 1 saturated heterocycles. The lowest BCUT2D eigenvalue weighted by atomic mass is 10.2. The number of nitrogens with one attached hydrogen (secondary N) is 1. The van der Waals surface area contributed by atoms with Crippen molar-refractivity contribution in [3.05, 3.63) is 24.3 Å². The summed E-state index contributed by atoms with van der Waals surface area (Å²) in [7, 11) is 0. The Morgan fingerprint density at radius 2 is 2.05 bits per heavy atom. The molecule has 2 heterocycles. The Labute approximate surface area is 116 Å². The van der Waals surface area contributed by atoms with Crippen LogP contribution < -0.4 is 5.32 Å². The number of amides is 2. The quantitative estimate of drug-likeness (QED) is 0.900. The van der Waals surface area contributed by atoms with E-state index < -0.39 is 0 Å². The Kier molecular flexibility index (Phi) is 3.46. The summed E-state index contributed by atoms with van der Waals surface area (Å²) in [6.07, 6.45) is 2.46. The molecule has 1 fully saturated rings. The number of anilines is 1. The highest BCUT2D eigenvalue weighted by Crippen LogP contribution is 2.36. The molecule has 2 amide bonds. The maximum atomic E-state index is 12.1. The fraction of sp³-hybridized carbons (Fsp3) is 0.429. The summed E-state index contributed by atoms with van der Waals surface area (Å²) in [6.45, 7) is 1.68. The van der Waals surface area contributed by atoms with Gasteiger partial charge < -0.3 is 10.2 Å². The molecule has 0 aromatic heterocycles. The van der Waals surface area contributed by atoms with E-state index >= 15 is 0 Å². The van der Waals surface area contributed by atoms with E-state index in [9.17, 15) is 9.59 Å². The Hall–Kier alpha value is -1.49. The van der Waals surface area contributed by atoms with Gasteiger partial charge in [-0.1, -0.05) is 12.1 Å². The smallest absolute Gasteiger partial charge is 0.238 e. The molecule has 0 aliphatic carbocycles. The Bertz CT molecular complexity index is 512. The van der Waals surface area contributed by atoms with Gasteiger partial charge in [-0.15, -0.1) is 11.8 Å². The number of thioether (sulfide) groups is 1. The highest BCUT2D eigenvalue weighted by molar-refractivity contribution is 8.01. The SMILES string of the molecule is O=C1Nc2ccccc2S[C@@H]1CC(=O)N1CCCC1. The third kappa shape index (κ3) is 2.61. The summed E-state index contributed by atoms with van der Waals surface area (Å²) < 4.78 is 0. The van der Waals surface area contributed by atoms with Crippen LogP contribution in [0.2, 0.25) is 0 Å². The molecule has 0 saturated carbocycles. The van der Waals surface area contributed by atoms with Crippen LogP contribution in [-0.2, 0) is 9.59 Å². The number of nitrogens with zero attached hydrogens (tertiary/aromatic N) is 1. The first-order valence-corrected chi connectivity index (χ1v) is 7.46. The van der Waals surface area contributed by atoms with Crippen molar-refractivity contribution in [2.24, 2.45) is 0 Å². The number of fused-ring (bicyclic) bond motifs is 1. The predicted molar refractivity (Wildman–Crippen MR) is 75.1 cm³/mol. The molecule has 2 aliphatic heterocycles. The van der Waals surface area contributed by atoms with Gasteiger partial charge in [0.1, 0.15) is 0 Å². The minimum Gasteiger partial charge on any atom is -0.343 e. The summed E-state index contributed by atoms with van der Waals surface area (Å²) in [5, 5.41) is 2.57. The van der Waals surface area contributed by atoms with E-state index in [4.69, 9.17) is 0 Å². The lowest BCUT2D eigenvalue weighted by Crippen LogP contribution is -2.36.